The van der Waals surface area contributed by atoms with E-state index in [-0.39, 0.29) is 189 Å². The van der Waals surface area contributed by atoms with Gasteiger partial charge in [0.25, 0.3) is 22.2 Å². The minimum Gasteiger partial charge on any atom is -0.493 e. The zero-order chi connectivity index (χ0) is 96.2. The van der Waals surface area contributed by atoms with Crippen molar-refractivity contribution in [2.75, 3.05) is 53.4 Å². The highest BCUT2D eigenvalue weighted by molar-refractivity contribution is 5.77. The second-order valence-corrected chi connectivity index (χ2v) is 35.7. The fraction of sp³-hybridized carbons (Fsp3) is 0.417. The number of benzene rings is 4. The molecule has 4 aromatic carbocycles. The van der Waals surface area contributed by atoms with Crippen molar-refractivity contribution < 1.29 is 64.8 Å². The lowest BCUT2D eigenvalue weighted by Gasteiger charge is -2.35. The van der Waals surface area contributed by atoms with Gasteiger partial charge < -0.3 is 43.6 Å². The molecule has 0 atom stereocenters. The Labute approximate surface area is 778 Å². The normalized spacial score (nSPS) is 16.2. The van der Waals surface area contributed by atoms with Crippen molar-refractivity contribution in [3.63, 3.8) is 0 Å². The quantitative estimate of drug-likeness (QED) is 0.0383. The van der Waals surface area contributed by atoms with Crippen LogP contribution in [0.2, 0.25) is 0 Å². The number of H-pyrrole nitrogens is 4. The number of rotatable bonds is 21. The van der Waals surface area contributed by atoms with E-state index in [1.807, 2.05) is 0 Å². The summed E-state index contributed by atoms with van der Waals surface area (Å²) in [5.74, 6) is 21.1. The third-order valence-electron chi connectivity index (χ3n) is 24.9. The van der Waals surface area contributed by atoms with E-state index in [1.54, 1.807) is 30.1 Å². The molecule has 10 aliphatic rings. The van der Waals surface area contributed by atoms with Crippen molar-refractivity contribution in [3.05, 3.63) is 221 Å². The monoisotopic (exact) mass is 1890 g/mol. The molecule has 0 unspecified atom stereocenters. The van der Waals surface area contributed by atoms with Crippen LogP contribution in [0.1, 0.15) is 213 Å². The van der Waals surface area contributed by atoms with Crippen molar-refractivity contribution >= 4 is 69.0 Å². The molecule has 0 radical (unpaired) electrons. The first-order valence-corrected chi connectivity index (χ1v) is 45.9. The average molecular weight is 1890 g/mol. The molecule has 0 spiro atoms. The van der Waals surface area contributed by atoms with Crippen LogP contribution < -0.4 is 68.7 Å². The Morgan fingerprint density at radius 3 is 0.971 bits per heavy atom. The van der Waals surface area contributed by atoms with Gasteiger partial charge in [-0.05, 0) is 244 Å². The predicted octanol–water partition coefficient (Wildman–Crippen LogP) is 11.0. The van der Waals surface area contributed by atoms with Gasteiger partial charge in [-0.25, -0.2) is 80.2 Å². The maximum absolute atomic E-state index is 13.5. The molecular weight excluding hydrogens is 1800 g/mol. The topological polar surface area (TPSA) is 418 Å². The molecule has 712 valence electrons. The summed E-state index contributed by atoms with van der Waals surface area (Å²) >= 11 is 0. The lowest BCUT2D eigenvalue weighted by Crippen LogP contribution is -2.45. The Bertz CT molecular complexity index is 7690. The molecule has 10 saturated carbocycles. The van der Waals surface area contributed by atoms with E-state index in [4.69, 9.17) is 23.7 Å². The number of hydrogen-bond acceptors (Lipinski definition) is 21. The number of methoxy groups -OCH3 is 1. The van der Waals surface area contributed by atoms with Crippen molar-refractivity contribution in [1.82, 2.24) is 96.0 Å². The van der Waals surface area contributed by atoms with Crippen molar-refractivity contribution in [2.45, 2.75) is 196 Å². The third-order valence-corrected chi connectivity index (χ3v) is 24.9. The summed E-state index contributed by atoms with van der Waals surface area (Å²) in [4.78, 5) is 189. The highest BCUT2D eigenvalue weighted by atomic mass is 19.2. The molecule has 8 aromatic heterocycles. The molecule has 0 saturated heterocycles. The third kappa shape index (κ3) is 20.2. The first-order valence-electron chi connectivity index (χ1n) is 45.9. The fourth-order valence-corrected chi connectivity index (χ4v) is 15.9. The van der Waals surface area contributed by atoms with Crippen LogP contribution in [0.4, 0.5) is 41.1 Å². The number of nitrogens with zero attached hydrogens (tertiary/aromatic N) is 16. The number of fused-ring (bicyclic) bond motifs is 4. The summed E-state index contributed by atoms with van der Waals surface area (Å²) in [6.07, 6.45) is 15.8. The number of nitrogens with one attached hydrogen (secondary N) is 4. The highest BCUT2D eigenvalue weighted by Gasteiger charge is 2.41. The van der Waals surface area contributed by atoms with Crippen molar-refractivity contribution in [2.24, 2.45) is 5.92 Å². The van der Waals surface area contributed by atoms with Gasteiger partial charge in [-0.1, -0.05) is 23.7 Å². The van der Waals surface area contributed by atoms with Crippen molar-refractivity contribution in [1.29, 1.82) is 0 Å². The zero-order valence-electron chi connectivity index (χ0n) is 74.9. The number of amides is 4. The van der Waals surface area contributed by atoms with Gasteiger partial charge >= 0.3 is 47.1 Å². The first kappa shape index (κ1) is 91.4. The number of carbonyl (C=O) groups is 4. The van der Waals surface area contributed by atoms with Crippen LogP contribution in [-0.4, -0.2) is 180 Å². The molecule has 4 N–H and O–H groups in total. The maximum atomic E-state index is 13.5. The second kappa shape index (κ2) is 38.2. The van der Waals surface area contributed by atoms with Crippen LogP contribution in [0, 0.1) is 82.4 Å². The fourth-order valence-electron chi connectivity index (χ4n) is 15.9. The smallest absolute Gasteiger partial charge is 0.416 e. The van der Waals surface area contributed by atoms with Crippen LogP contribution >= 0.6 is 0 Å². The lowest BCUT2D eigenvalue weighted by molar-refractivity contribution is 0.112. The summed E-state index contributed by atoms with van der Waals surface area (Å²) < 4.78 is 104. The Balaban J connectivity index is 0.000000118. The molecule has 10 aliphatic carbocycles. The number of carbonyl (C=O) groups excluding carboxylic acids is 4. The molecule has 0 aliphatic heterocycles. The number of ether oxygens (including phenoxy) is 5. The summed E-state index contributed by atoms with van der Waals surface area (Å²) in [5.41, 5.74) is -0.340. The van der Waals surface area contributed by atoms with Gasteiger partial charge in [0.1, 0.15) is 34.7 Å². The molecule has 37 nitrogen and oxygen atoms in total. The van der Waals surface area contributed by atoms with E-state index in [0.717, 1.165) is 146 Å². The number of hydrogen-bond donors (Lipinski definition) is 4. The van der Waals surface area contributed by atoms with Crippen LogP contribution in [0.15, 0.2) is 123 Å². The van der Waals surface area contributed by atoms with Gasteiger partial charge in [0.2, 0.25) is 0 Å². The van der Waals surface area contributed by atoms with Crippen molar-refractivity contribution in [3.8, 4) is 76.1 Å². The van der Waals surface area contributed by atoms with Gasteiger partial charge in [0, 0.05) is 86.6 Å². The minimum absolute atomic E-state index is 0.0221. The van der Waals surface area contributed by atoms with Gasteiger partial charge in [0.15, 0.2) is 91.1 Å². The number of aromatic nitrogens is 16. The molecule has 0 bridgehead atoms. The van der Waals surface area contributed by atoms with Crippen LogP contribution in [0.3, 0.4) is 0 Å². The molecule has 10 fully saturated rings. The Morgan fingerprint density at radius 2 is 0.667 bits per heavy atom. The summed E-state index contributed by atoms with van der Waals surface area (Å²) in [6, 6.07) is 17.2. The Hall–Kier alpha value is -15.8. The van der Waals surface area contributed by atoms with Gasteiger partial charge in [-0.15, -0.1) is 0 Å². The number of halogens is 5. The largest absolute Gasteiger partial charge is 0.493 e. The average Bonchev–Trinajstić information content (AvgIpc) is 1.59. The second-order valence-electron chi connectivity index (χ2n) is 35.7. The number of aromatic amines is 4. The van der Waals surface area contributed by atoms with Gasteiger partial charge in [0.05, 0.1) is 33.3 Å². The molecular formula is C96H91F5N20O17. The van der Waals surface area contributed by atoms with E-state index < -0.39 is 59.0 Å². The molecule has 8 heterocycles. The standard InChI is InChI=1S/2C25H24FN5O4.C23H21F2N5O5.C23H22FN5O4/c26-15-6-12-19(13-7-15)35-25(34)29(16-3-1-4-16)14-2-5-20-27-21-22(28-20)30(17-8-9-17)24(33)31(23(21)32)18-10-11-18;26-16-5-11-19(12-6-16)35-25(34)29(14-15-3-4-15)13-1-2-20-27-21-22(28-20)30(17-7-8-17)24(33)31(23(21)32)18-9-10-18;1-28(23(33)35-17-11-15(25)14(24)10-16(17)34-2)9-3-4-18-26-19-20(27-18)29(12-5-6-12)22(32)30(21(19)31)13-7-8-13;1-2-27(23(32)33-17-11-5-14(24)6-12-17)13-3-4-18-25-19-20(26-18)28(15-7-8-15)22(31)29(21(19)30)16-9-10-16/h6-7,12-13,16-18H,1,3-4,8-11,14H2,(H,27,28);5-6,11-12,15,17-18H,3-4,7-10,13-14H2,(H,27,28);10-13H,5-9H2,1-2H3,(H,26,27);5-6,11-12,15-16H,2,7-10,13H2,1H3,(H,25,26). The van der Waals surface area contributed by atoms with Gasteiger partial charge in [-0.3, -0.25) is 75.3 Å². The summed E-state index contributed by atoms with van der Waals surface area (Å²) in [5, 5.41) is 0. The summed E-state index contributed by atoms with van der Waals surface area (Å²) in [7, 11) is 2.63. The highest BCUT2D eigenvalue weighted by Crippen LogP contribution is 2.42. The first-order chi connectivity index (χ1) is 66.7. The molecule has 4 amide bonds. The van der Waals surface area contributed by atoms with E-state index in [0.29, 0.717) is 53.0 Å². The van der Waals surface area contributed by atoms with E-state index >= 15 is 0 Å². The maximum Gasteiger partial charge on any atom is 0.416 e. The van der Waals surface area contributed by atoms with Gasteiger partial charge in [-0.2, -0.15) is 0 Å². The van der Waals surface area contributed by atoms with Crippen LogP contribution in [0.5, 0.6) is 28.7 Å². The Kier molecular flexibility index (Phi) is 25.3. The number of imidazole rings is 4. The van der Waals surface area contributed by atoms with E-state index in [9.17, 15) is 79.5 Å². The molecule has 42 heteroatoms. The van der Waals surface area contributed by atoms with Crippen LogP contribution in [-0.2, 0) is 0 Å². The molecule has 12 aromatic rings. The molecule has 22 rings (SSSR count). The zero-order valence-corrected chi connectivity index (χ0v) is 74.9. The van der Waals surface area contributed by atoms with Crippen LogP contribution in [0.25, 0.3) is 44.7 Å². The summed E-state index contributed by atoms with van der Waals surface area (Å²) in [6.45, 7) is 2.84. The Morgan fingerprint density at radius 1 is 0.370 bits per heavy atom. The lowest BCUT2D eigenvalue weighted by atomic mass is 9.92. The predicted molar refractivity (Wildman–Crippen MR) is 487 cm³/mol. The van der Waals surface area contributed by atoms with E-state index in [2.05, 4.69) is 87.2 Å². The van der Waals surface area contributed by atoms with E-state index in [1.165, 1.54) is 115 Å². The molecule has 138 heavy (non-hydrogen) atoms. The minimum atomic E-state index is -1.19. The SMILES string of the molecule is CCN(CC#Cc1nc2c([nH]1)c(=O)n(C1CC1)c(=O)n2C1CC1)C(=O)Oc1ccc(F)cc1.COc1cc(F)c(F)cc1OC(=O)N(C)CC#Cc1nc2c([nH]1)c(=O)n(C1CC1)c(=O)n2C1CC1.O=C(Oc1ccc(F)cc1)N(CC#Cc1nc2c([nH]1)c(=O)n(C1CC1)c(=O)n2C1CC1)C1CCC1.O=C(Oc1ccc(F)cc1)N(CC#Cc1nc2c([nH]1)c(=O)n(C1CC1)c(=O)n2C1CC1)CC1CC1.